The molecule has 5 unspecified atom stereocenters. The number of benzene rings is 1. The van der Waals surface area contributed by atoms with Crippen molar-refractivity contribution in [2.45, 2.75) is 63.1 Å². The van der Waals surface area contributed by atoms with E-state index in [-0.39, 0.29) is 35.1 Å². The summed E-state index contributed by atoms with van der Waals surface area (Å²) in [5, 5.41) is 12.7. The highest BCUT2D eigenvalue weighted by atomic mass is 19.1. The Kier molecular flexibility index (Phi) is 6.42. The van der Waals surface area contributed by atoms with Crippen LogP contribution in [0, 0.1) is 35.3 Å². The number of aliphatic hydroxyl groups is 1. The molecule has 3 heterocycles. The van der Waals surface area contributed by atoms with Crippen molar-refractivity contribution in [3.8, 4) is 5.69 Å². The van der Waals surface area contributed by atoms with Gasteiger partial charge in [0.25, 0.3) is 5.91 Å². The van der Waals surface area contributed by atoms with E-state index in [1.807, 2.05) is 4.90 Å². The lowest BCUT2D eigenvalue weighted by molar-refractivity contribution is 0.0480. The Morgan fingerprint density at radius 2 is 1.88 bits per heavy atom. The normalized spacial score (nSPS) is 29.7. The number of carbonyl (C=O) groups excluding carboxylic acids is 1. The minimum atomic E-state index is -1.65. The molecule has 3 aliphatic carbocycles. The topological polar surface area (TPSA) is 87.5 Å². The van der Waals surface area contributed by atoms with Crippen LogP contribution >= 0.6 is 0 Å². The number of carbonyl (C=O) groups is 1. The molecular formula is C32H35F3N4O3. The summed E-state index contributed by atoms with van der Waals surface area (Å²) < 4.78 is 44.9. The fourth-order valence-corrected chi connectivity index (χ4v) is 8.32. The number of amides is 1. The molecule has 1 saturated heterocycles. The largest absolute Gasteiger partial charge is 0.393 e. The van der Waals surface area contributed by atoms with Crippen molar-refractivity contribution < 1.29 is 23.1 Å². The first kappa shape index (κ1) is 27.4. The summed E-state index contributed by atoms with van der Waals surface area (Å²) in [6.07, 6.45) is 6.90. The van der Waals surface area contributed by atoms with Crippen LogP contribution in [-0.2, 0) is 0 Å². The van der Waals surface area contributed by atoms with Gasteiger partial charge in [0.2, 0.25) is 5.43 Å². The van der Waals surface area contributed by atoms with Gasteiger partial charge >= 0.3 is 0 Å². The Morgan fingerprint density at radius 3 is 2.62 bits per heavy atom. The van der Waals surface area contributed by atoms with Crippen LogP contribution in [0.25, 0.3) is 16.7 Å². The molecule has 4 aliphatic rings. The van der Waals surface area contributed by atoms with E-state index in [0.29, 0.717) is 30.7 Å². The zero-order valence-electron chi connectivity index (χ0n) is 23.6. The Labute approximate surface area is 241 Å². The van der Waals surface area contributed by atoms with Crippen LogP contribution in [0.5, 0.6) is 0 Å². The first-order valence-corrected chi connectivity index (χ1v) is 14.9. The smallest absolute Gasteiger partial charge is 0.257 e. The zero-order valence-corrected chi connectivity index (χ0v) is 23.6. The number of fused-ring (bicyclic) bond motifs is 2. The Morgan fingerprint density at radius 1 is 1.10 bits per heavy atom. The van der Waals surface area contributed by atoms with E-state index >= 15 is 4.39 Å². The second kappa shape index (κ2) is 9.82. The second-order valence-electron chi connectivity index (χ2n) is 13.4. The highest BCUT2D eigenvalue weighted by molar-refractivity contribution is 5.97. The van der Waals surface area contributed by atoms with E-state index in [0.717, 1.165) is 36.8 Å². The van der Waals surface area contributed by atoms with Crippen molar-refractivity contribution in [2.75, 3.05) is 24.6 Å². The van der Waals surface area contributed by atoms with Gasteiger partial charge in [-0.15, -0.1) is 0 Å². The number of aliphatic hydroxyl groups excluding tert-OH is 1. The average molecular weight is 581 g/mol. The van der Waals surface area contributed by atoms with E-state index in [2.05, 4.69) is 17.2 Å². The Bertz CT molecular complexity index is 1630. The fourth-order valence-electron chi connectivity index (χ4n) is 8.32. The zero-order chi connectivity index (χ0) is 29.4. The van der Waals surface area contributed by atoms with Crippen LogP contribution < -0.4 is 15.6 Å². The van der Waals surface area contributed by atoms with Gasteiger partial charge in [0.15, 0.2) is 5.65 Å². The van der Waals surface area contributed by atoms with Gasteiger partial charge in [-0.1, -0.05) is 0 Å². The number of piperidine rings is 1. The number of aromatic nitrogens is 2. The highest BCUT2D eigenvalue weighted by Crippen LogP contribution is 2.60. The van der Waals surface area contributed by atoms with Crippen molar-refractivity contribution in [1.29, 1.82) is 0 Å². The summed E-state index contributed by atoms with van der Waals surface area (Å²) in [5.41, 5.74) is -2.70. The molecule has 3 saturated carbocycles. The number of halogens is 3. The van der Waals surface area contributed by atoms with Gasteiger partial charge in [0.1, 0.15) is 28.7 Å². The molecule has 2 bridgehead atoms. The molecule has 222 valence electrons. The van der Waals surface area contributed by atoms with Gasteiger partial charge < -0.3 is 15.3 Å². The maximum Gasteiger partial charge on any atom is 0.257 e. The molecule has 3 aromatic rings. The predicted molar refractivity (Wildman–Crippen MR) is 153 cm³/mol. The Balaban J connectivity index is 1.28. The quantitative estimate of drug-likeness (QED) is 0.448. The number of hydrogen-bond acceptors (Lipinski definition) is 5. The molecule has 7 nitrogen and oxygen atoms in total. The molecular weight excluding hydrogens is 545 g/mol. The number of nitrogens with one attached hydrogen (secondary N) is 1. The summed E-state index contributed by atoms with van der Waals surface area (Å²) in [6, 6.07) is 6.30. The van der Waals surface area contributed by atoms with Crippen LogP contribution in [0.15, 0.2) is 41.3 Å². The van der Waals surface area contributed by atoms with E-state index < -0.39 is 40.8 Å². The third-order valence-corrected chi connectivity index (χ3v) is 10.4. The minimum Gasteiger partial charge on any atom is -0.393 e. The van der Waals surface area contributed by atoms with Crippen LogP contribution in [0.4, 0.5) is 19.0 Å². The van der Waals surface area contributed by atoms with Crippen LogP contribution in [0.3, 0.4) is 0 Å². The summed E-state index contributed by atoms with van der Waals surface area (Å²) in [6.45, 7) is 2.11. The highest BCUT2D eigenvalue weighted by Gasteiger charge is 2.53. The van der Waals surface area contributed by atoms with Gasteiger partial charge in [-0.2, -0.15) is 0 Å². The third kappa shape index (κ3) is 4.58. The molecule has 42 heavy (non-hydrogen) atoms. The van der Waals surface area contributed by atoms with Gasteiger partial charge in [0.05, 0.1) is 17.7 Å². The van der Waals surface area contributed by atoms with Crippen molar-refractivity contribution in [2.24, 2.45) is 23.7 Å². The van der Waals surface area contributed by atoms with Gasteiger partial charge in [-0.25, -0.2) is 18.2 Å². The van der Waals surface area contributed by atoms with Gasteiger partial charge in [0, 0.05) is 43.7 Å². The minimum absolute atomic E-state index is 0.0553. The number of hydrogen-bond donors (Lipinski definition) is 2. The second-order valence-corrected chi connectivity index (χ2v) is 13.4. The van der Waals surface area contributed by atoms with E-state index in [1.165, 1.54) is 36.1 Å². The maximum atomic E-state index is 15.1. The van der Waals surface area contributed by atoms with Crippen LogP contribution in [0.1, 0.15) is 62.2 Å². The molecule has 1 amide bonds. The molecule has 4 fully saturated rings. The Hall–Kier alpha value is -3.40. The van der Waals surface area contributed by atoms with Crippen molar-refractivity contribution in [3.63, 3.8) is 0 Å². The summed E-state index contributed by atoms with van der Waals surface area (Å²) >= 11 is 0. The molecule has 1 aliphatic heterocycles. The first-order chi connectivity index (χ1) is 20.0. The first-order valence-electron chi connectivity index (χ1n) is 14.9. The predicted octanol–water partition coefficient (Wildman–Crippen LogP) is 4.91. The lowest BCUT2D eigenvalue weighted by atomic mass is 9.62. The number of pyridine rings is 2. The number of rotatable bonds is 5. The number of alkyl halides is 1. The van der Waals surface area contributed by atoms with Crippen LogP contribution in [0.2, 0.25) is 0 Å². The molecule has 0 radical (unpaired) electrons. The number of anilines is 1. The molecule has 10 heteroatoms. The van der Waals surface area contributed by atoms with Crippen molar-refractivity contribution >= 4 is 22.8 Å². The van der Waals surface area contributed by atoms with Crippen molar-refractivity contribution in [3.05, 3.63) is 63.9 Å². The maximum absolute atomic E-state index is 15.1. The van der Waals surface area contributed by atoms with E-state index in [4.69, 9.17) is 0 Å². The van der Waals surface area contributed by atoms with Gasteiger partial charge in [-0.3, -0.25) is 14.2 Å². The molecule has 0 spiro atoms. The molecule has 5 atom stereocenters. The number of nitrogens with zero attached hydrogens (tertiary/aromatic N) is 3. The van der Waals surface area contributed by atoms with Crippen LogP contribution in [-0.4, -0.2) is 51.5 Å². The molecule has 1 aromatic carbocycles. The summed E-state index contributed by atoms with van der Waals surface area (Å²) in [4.78, 5) is 34.1. The SMILES string of the molecule is CC1(NC(=O)c2cn(-c3ccc(F)cc3F)c3nc(N4CCC(F)(CO)CC4)ccc3c2=O)CC2CC3CC(C1)C3C2. The van der Waals surface area contributed by atoms with E-state index in [9.17, 15) is 23.5 Å². The van der Waals surface area contributed by atoms with Gasteiger partial charge in [-0.05, 0) is 87.0 Å². The molecule has 2 N–H and O–H groups in total. The fraction of sp³-hybridized carbons (Fsp3) is 0.531. The molecule has 7 rings (SSSR count). The summed E-state index contributed by atoms with van der Waals surface area (Å²) in [5.74, 6) is 1.05. The van der Waals surface area contributed by atoms with Crippen molar-refractivity contribution in [1.82, 2.24) is 14.9 Å². The lowest BCUT2D eigenvalue weighted by Gasteiger charge is -2.46. The average Bonchev–Trinajstić information content (AvgIpc) is 3.21. The van der Waals surface area contributed by atoms with E-state index in [1.54, 1.807) is 12.1 Å². The third-order valence-electron chi connectivity index (χ3n) is 10.4. The molecule has 2 aromatic heterocycles. The monoisotopic (exact) mass is 580 g/mol. The lowest BCUT2D eigenvalue weighted by Crippen LogP contribution is -2.51. The summed E-state index contributed by atoms with van der Waals surface area (Å²) in [7, 11) is 0. The standard InChI is InChI=1S/C32H35F3N4O3/c1-31(14-18-10-19-12-20(15-31)23(19)11-18)37-30(42)24-16-39(26-4-2-21(33)13-25(26)34)29-22(28(24)41)3-5-27(36-29)38-8-6-32(35,17-40)7-9-38/h2-5,13,16,18-20,23,40H,6-12,14-15,17H2,1H3,(H,37,42).